The number of carboxylic acids is 1. The van der Waals surface area contributed by atoms with Crippen molar-refractivity contribution in [3.05, 3.63) is 0 Å². The number of rotatable bonds is 4. The van der Waals surface area contributed by atoms with Gasteiger partial charge in [0.05, 0.1) is 0 Å². The second-order valence-electron chi connectivity index (χ2n) is 5.76. The summed E-state index contributed by atoms with van der Waals surface area (Å²) >= 11 is 0. The van der Waals surface area contributed by atoms with E-state index >= 15 is 0 Å². The van der Waals surface area contributed by atoms with E-state index in [-0.39, 0.29) is 5.91 Å². The van der Waals surface area contributed by atoms with Crippen LogP contribution < -0.4 is 5.32 Å². The van der Waals surface area contributed by atoms with E-state index in [1.165, 1.54) is 0 Å². The van der Waals surface area contributed by atoms with Gasteiger partial charge in [-0.1, -0.05) is 19.3 Å². The highest BCUT2D eigenvalue weighted by Crippen LogP contribution is 2.29. The van der Waals surface area contributed by atoms with Crippen molar-refractivity contribution >= 4 is 11.9 Å². The third-order valence-electron chi connectivity index (χ3n) is 4.31. The van der Waals surface area contributed by atoms with Gasteiger partial charge in [0.1, 0.15) is 5.54 Å². The van der Waals surface area contributed by atoms with Crippen molar-refractivity contribution in [1.82, 2.24) is 5.32 Å². The number of ether oxygens (including phenoxy) is 1. The maximum atomic E-state index is 12.1. The number of carbonyl (C=O) groups is 2. The zero-order valence-corrected chi connectivity index (χ0v) is 11.3. The molecule has 0 spiro atoms. The maximum absolute atomic E-state index is 12.1. The fourth-order valence-electron chi connectivity index (χ4n) is 3.08. The first-order valence-corrected chi connectivity index (χ1v) is 7.24. The lowest BCUT2D eigenvalue weighted by atomic mass is 9.81. The van der Waals surface area contributed by atoms with E-state index in [1.54, 1.807) is 0 Å². The monoisotopic (exact) mass is 269 g/mol. The number of carboxylic acid groups (broad SMARTS) is 1. The first-order valence-electron chi connectivity index (χ1n) is 7.24. The molecule has 0 radical (unpaired) electrons. The van der Waals surface area contributed by atoms with Gasteiger partial charge >= 0.3 is 5.97 Å². The van der Waals surface area contributed by atoms with Gasteiger partial charge in [0, 0.05) is 19.6 Å². The molecule has 1 saturated heterocycles. The highest BCUT2D eigenvalue weighted by molar-refractivity contribution is 5.87. The number of nitrogens with one attached hydrogen (secondary N) is 1. The second kappa shape index (κ2) is 6.37. The summed E-state index contributed by atoms with van der Waals surface area (Å²) in [5, 5.41) is 12.2. The predicted octanol–water partition coefficient (Wildman–Crippen LogP) is 1.71. The second-order valence-corrected chi connectivity index (χ2v) is 5.76. The summed E-state index contributed by atoms with van der Waals surface area (Å²) < 4.78 is 5.26. The predicted molar refractivity (Wildman–Crippen MR) is 69.8 cm³/mol. The minimum absolute atomic E-state index is 0.115. The Balaban J connectivity index is 1.89. The first-order chi connectivity index (χ1) is 9.12. The molecule has 5 nitrogen and oxygen atoms in total. The number of amides is 1. The zero-order valence-electron chi connectivity index (χ0n) is 11.3. The van der Waals surface area contributed by atoms with Crippen LogP contribution in [-0.4, -0.2) is 35.7 Å². The van der Waals surface area contributed by atoms with Crippen molar-refractivity contribution in [2.75, 3.05) is 13.2 Å². The SMILES string of the molecule is O=C(CC1CCOCC1)NC1(C(=O)O)CCCCC1. The van der Waals surface area contributed by atoms with Crippen LogP contribution in [0.15, 0.2) is 0 Å². The Morgan fingerprint density at radius 1 is 1.16 bits per heavy atom. The highest BCUT2D eigenvalue weighted by atomic mass is 16.5. The van der Waals surface area contributed by atoms with Crippen LogP contribution in [0.1, 0.15) is 51.4 Å². The average molecular weight is 269 g/mol. The fourth-order valence-corrected chi connectivity index (χ4v) is 3.08. The average Bonchev–Trinajstić information content (AvgIpc) is 2.40. The third kappa shape index (κ3) is 3.69. The van der Waals surface area contributed by atoms with E-state index in [0.29, 0.717) is 38.4 Å². The van der Waals surface area contributed by atoms with Crippen molar-refractivity contribution < 1.29 is 19.4 Å². The molecule has 0 aromatic heterocycles. The first kappa shape index (κ1) is 14.3. The van der Waals surface area contributed by atoms with Gasteiger partial charge < -0.3 is 15.2 Å². The Morgan fingerprint density at radius 3 is 2.37 bits per heavy atom. The van der Waals surface area contributed by atoms with E-state index in [9.17, 15) is 14.7 Å². The molecular formula is C14H23NO4. The molecule has 1 aliphatic heterocycles. The summed E-state index contributed by atoms with van der Waals surface area (Å²) in [4.78, 5) is 23.5. The van der Waals surface area contributed by atoms with E-state index in [0.717, 1.165) is 32.1 Å². The standard InChI is InChI=1S/C14H23NO4/c16-12(10-11-4-8-19-9-5-11)15-14(13(17)18)6-2-1-3-7-14/h11H,1-10H2,(H,15,16)(H,17,18). The lowest BCUT2D eigenvalue weighted by Gasteiger charge is -2.34. The summed E-state index contributed by atoms with van der Waals surface area (Å²) in [5.41, 5.74) is -1.01. The Kier molecular flexibility index (Phi) is 4.80. The molecule has 0 aromatic carbocycles. The van der Waals surface area contributed by atoms with Crippen LogP contribution in [0.25, 0.3) is 0 Å². The summed E-state index contributed by atoms with van der Waals surface area (Å²) in [6.07, 6.45) is 6.15. The summed E-state index contributed by atoms with van der Waals surface area (Å²) in [5.74, 6) is -0.660. The van der Waals surface area contributed by atoms with Crippen LogP contribution >= 0.6 is 0 Å². The Bertz CT molecular complexity index is 330. The van der Waals surface area contributed by atoms with Crippen LogP contribution in [0.5, 0.6) is 0 Å². The molecule has 1 aliphatic carbocycles. The van der Waals surface area contributed by atoms with Crippen LogP contribution in [0, 0.1) is 5.92 Å². The Hall–Kier alpha value is -1.10. The lowest BCUT2D eigenvalue weighted by Crippen LogP contribution is -2.55. The van der Waals surface area contributed by atoms with E-state index in [1.807, 2.05) is 0 Å². The highest BCUT2D eigenvalue weighted by Gasteiger charge is 2.41. The molecule has 1 heterocycles. The molecule has 0 unspecified atom stereocenters. The lowest BCUT2D eigenvalue weighted by molar-refractivity contribution is -0.149. The zero-order chi connectivity index (χ0) is 13.7. The minimum Gasteiger partial charge on any atom is -0.480 e. The van der Waals surface area contributed by atoms with Gasteiger partial charge in [-0.15, -0.1) is 0 Å². The molecule has 0 bridgehead atoms. The fraction of sp³-hybridized carbons (Fsp3) is 0.857. The van der Waals surface area contributed by atoms with Crippen molar-refractivity contribution in [1.29, 1.82) is 0 Å². The molecule has 19 heavy (non-hydrogen) atoms. The number of hydrogen-bond donors (Lipinski definition) is 2. The molecule has 0 atom stereocenters. The van der Waals surface area contributed by atoms with Crippen LogP contribution in [0.3, 0.4) is 0 Å². The Morgan fingerprint density at radius 2 is 1.79 bits per heavy atom. The molecule has 2 fully saturated rings. The third-order valence-corrected chi connectivity index (χ3v) is 4.31. The molecule has 1 saturated carbocycles. The number of aliphatic carboxylic acids is 1. The van der Waals surface area contributed by atoms with Gasteiger partial charge in [-0.3, -0.25) is 4.79 Å². The van der Waals surface area contributed by atoms with Gasteiger partial charge in [-0.25, -0.2) is 4.79 Å². The van der Waals surface area contributed by atoms with Crippen LogP contribution in [0.4, 0.5) is 0 Å². The van der Waals surface area contributed by atoms with Crippen molar-refractivity contribution in [2.24, 2.45) is 5.92 Å². The molecule has 2 aliphatic rings. The van der Waals surface area contributed by atoms with Crippen molar-refractivity contribution in [3.8, 4) is 0 Å². The molecule has 2 rings (SSSR count). The Labute approximate surface area is 113 Å². The molecular weight excluding hydrogens is 246 g/mol. The van der Waals surface area contributed by atoms with E-state index in [4.69, 9.17) is 4.74 Å². The van der Waals surface area contributed by atoms with E-state index < -0.39 is 11.5 Å². The smallest absolute Gasteiger partial charge is 0.329 e. The van der Waals surface area contributed by atoms with E-state index in [2.05, 4.69) is 5.32 Å². The molecule has 108 valence electrons. The normalized spacial score (nSPS) is 23.8. The number of hydrogen-bond acceptors (Lipinski definition) is 3. The van der Waals surface area contributed by atoms with Gasteiger partial charge in [0.25, 0.3) is 0 Å². The van der Waals surface area contributed by atoms with Crippen molar-refractivity contribution in [3.63, 3.8) is 0 Å². The maximum Gasteiger partial charge on any atom is 0.329 e. The van der Waals surface area contributed by atoms with Gasteiger partial charge in [-0.2, -0.15) is 0 Å². The number of carbonyl (C=O) groups excluding carboxylic acids is 1. The van der Waals surface area contributed by atoms with Gasteiger partial charge in [0.2, 0.25) is 5.91 Å². The van der Waals surface area contributed by atoms with Crippen LogP contribution in [0.2, 0.25) is 0 Å². The molecule has 0 aromatic rings. The summed E-state index contributed by atoms with van der Waals surface area (Å²) in [7, 11) is 0. The minimum atomic E-state index is -1.01. The van der Waals surface area contributed by atoms with Crippen molar-refractivity contribution in [2.45, 2.75) is 56.9 Å². The largest absolute Gasteiger partial charge is 0.480 e. The molecule has 5 heteroatoms. The van der Waals surface area contributed by atoms with Gasteiger partial charge in [-0.05, 0) is 31.6 Å². The van der Waals surface area contributed by atoms with Crippen LogP contribution in [-0.2, 0) is 14.3 Å². The quantitative estimate of drug-likeness (QED) is 0.814. The summed E-state index contributed by atoms with van der Waals surface area (Å²) in [6.45, 7) is 1.42. The topological polar surface area (TPSA) is 75.6 Å². The van der Waals surface area contributed by atoms with Gasteiger partial charge in [0.15, 0.2) is 0 Å². The molecule has 2 N–H and O–H groups in total. The molecule has 1 amide bonds. The summed E-state index contributed by atoms with van der Waals surface area (Å²) in [6, 6.07) is 0.